The van der Waals surface area contributed by atoms with Gasteiger partial charge in [0, 0.05) is 13.1 Å². The quantitative estimate of drug-likeness (QED) is 0.463. The maximum Gasteiger partial charge on any atom is 0.330 e. The molecule has 8 nitrogen and oxygen atoms in total. The van der Waals surface area contributed by atoms with Crippen molar-refractivity contribution in [1.29, 1.82) is 0 Å². The van der Waals surface area contributed by atoms with Crippen LogP contribution in [0.2, 0.25) is 10.0 Å². The fourth-order valence-electron chi connectivity index (χ4n) is 3.26. The third-order valence-corrected chi connectivity index (χ3v) is 5.84. The van der Waals surface area contributed by atoms with Crippen molar-refractivity contribution in [2.24, 2.45) is 0 Å². The van der Waals surface area contributed by atoms with E-state index < -0.39 is 23.3 Å². The summed E-state index contributed by atoms with van der Waals surface area (Å²) in [6, 6.07) is 4.87. The highest BCUT2D eigenvalue weighted by molar-refractivity contribution is 6.42. The Balaban J connectivity index is 2.45. The standard InChI is InChI=1S/C22H30Cl2N4O4/c1-4-6-8-13-27(18-19(25)28(12-7-5-2)22(31)26-20(18)29)21(30)14(3)32-16-11-9-10-15(23)17(16)24/h9-11,14H,4-8,12-13,25H2,1-3H3,(H,26,29,31). The van der Waals surface area contributed by atoms with Crippen molar-refractivity contribution in [3.8, 4) is 5.75 Å². The van der Waals surface area contributed by atoms with E-state index in [2.05, 4.69) is 4.98 Å². The number of benzene rings is 1. The van der Waals surface area contributed by atoms with Crippen LogP contribution in [0, 0.1) is 0 Å². The zero-order valence-corrected chi connectivity index (χ0v) is 20.1. The molecule has 0 saturated heterocycles. The first-order valence-corrected chi connectivity index (χ1v) is 11.5. The van der Waals surface area contributed by atoms with Crippen molar-refractivity contribution in [2.75, 3.05) is 17.2 Å². The number of nitrogen functional groups attached to an aromatic ring is 1. The van der Waals surface area contributed by atoms with Gasteiger partial charge in [-0.3, -0.25) is 19.1 Å². The number of nitrogens with two attached hydrogens (primary N) is 1. The normalized spacial score (nSPS) is 11.9. The van der Waals surface area contributed by atoms with Crippen molar-refractivity contribution in [1.82, 2.24) is 9.55 Å². The van der Waals surface area contributed by atoms with E-state index in [-0.39, 0.29) is 28.8 Å². The number of ether oxygens (including phenoxy) is 1. The van der Waals surface area contributed by atoms with Crippen molar-refractivity contribution in [2.45, 2.75) is 65.5 Å². The summed E-state index contributed by atoms with van der Waals surface area (Å²) < 4.78 is 7.06. The molecule has 0 bridgehead atoms. The number of nitrogens with zero attached hydrogens (tertiary/aromatic N) is 2. The number of rotatable bonds is 11. The highest BCUT2D eigenvalue weighted by Crippen LogP contribution is 2.32. The molecule has 0 saturated carbocycles. The number of aromatic amines is 1. The average Bonchev–Trinajstić information content (AvgIpc) is 2.75. The molecular weight excluding hydrogens is 455 g/mol. The zero-order chi connectivity index (χ0) is 23.8. The third-order valence-electron chi connectivity index (χ3n) is 5.04. The smallest absolute Gasteiger partial charge is 0.330 e. The molecule has 32 heavy (non-hydrogen) atoms. The molecule has 2 rings (SSSR count). The molecule has 0 aliphatic carbocycles. The number of hydrogen-bond donors (Lipinski definition) is 2. The van der Waals surface area contributed by atoms with Gasteiger partial charge >= 0.3 is 5.69 Å². The molecule has 1 atom stereocenters. The monoisotopic (exact) mass is 484 g/mol. The van der Waals surface area contributed by atoms with E-state index in [1.807, 2.05) is 13.8 Å². The second kappa shape index (κ2) is 12.0. The van der Waals surface area contributed by atoms with Crippen LogP contribution in [0.4, 0.5) is 11.5 Å². The van der Waals surface area contributed by atoms with Gasteiger partial charge in [0.2, 0.25) is 0 Å². The Morgan fingerprint density at radius 1 is 1.19 bits per heavy atom. The fraction of sp³-hybridized carbons (Fsp3) is 0.500. The minimum absolute atomic E-state index is 0.0370. The van der Waals surface area contributed by atoms with E-state index in [1.165, 1.54) is 9.47 Å². The van der Waals surface area contributed by atoms with Crippen LogP contribution in [0.1, 0.15) is 52.9 Å². The third kappa shape index (κ3) is 6.07. The number of amides is 1. The van der Waals surface area contributed by atoms with Gasteiger partial charge in [0.05, 0.1) is 5.02 Å². The maximum absolute atomic E-state index is 13.4. The van der Waals surface area contributed by atoms with Gasteiger partial charge in [-0.2, -0.15) is 0 Å². The van der Waals surface area contributed by atoms with E-state index in [9.17, 15) is 14.4 Å². The first kappa shape index (κ1) is 25.8. The van der Waals surface area contributed by atoms with Gasteiger partial charge in [-0.05, 0) is 31.9 Å². The molecule has 0 aliphatic rings. The van der Waals surface area contributed by atoms with E-state index in [0.29, 0.717) is 24.4 Å². The van der Waals surface area contributed by atoms with Gasteiger partial charge in [-0.25, -0.2) is 4.79 Å². The Labute approximate surface area is 197 Å². The molecule has 0 aliphatic heterocycles. The van der Waals surface area contributed by atoms with Crippen LogP contribution in [-0.4, -0.2) is 28.1 Å². The maximum atomic E-state index is 13.4. The predicted molar refractivity (Wildman–Crippen MR) is 129 cm³/mol. The van der Waals surface area contributed by atoms with Gasteiger partial charge in [0.15, 0.2) is 11.8 Å². The summed E-state index contributed by atoms with van der Waals surface area (Å²) in [6.07, 6.45) is 2.99. The molecule has 3 N–H and O–H groups in total. The predicted octanol–water partition coefficient (Wildman–Crippen LogP) is 4.22. The van der Waals surface area contributed by atoms with Crippen LogP contribution in [0.25, 0.3) is 0 Å². The lowest BCUT2D eigenvalue weighted by Gasteiger charge is -2.27. The Bertz CT molecular complexity index is 1050. The van der Waals surface area contributed by atoms with Crippen LogP contribution < -0.4 is 26.6 Å². The molecule has 1 aromatic heterocycles. The summed E-state index contributed by atoms with van der Waals surface area (Å²) in [5.74, 6) is -0.261. The number of H-pyrrole nitrogens is 1. The van der Waals surface area contributed by atoms with Gasteiger partial charge in [0.1, 0.15) is 16.6 Å². The number of aromatic nitrogens is 2. The molecule has 1 amide bonds. The van der Waals surface area contributed by atoms with Crippen LogP contribution in [-0.2, 0) is 11.3 Å². The Kier molecular flexibility index (Phi) is 9.65. The molecule has 10 heteroatoms. The van der Waals surface area contributed by atoms with Crippen molar-refractivity contribution in [3.05, 3.63) is 49.1 Å². The van der Waals surface area contributed by atoms with Crippen LogP contribution >= 0.6 is 23.2 Å². The summed E-state index contributed by atoms with van der Waals surface area (Å²) in [4.78, 5) is 42.0. The lowest BCUT2D eigenvalue weighted by Crippen LogP contribution is -2.46. The van der Waals surface area contributed by atoms with Gasteiger partial charge in [-0.1, -0.05) is 62.4 Å². The van der Waals surface area contributed by atoms with Gasteiger partial charge < -0.3 is 15.4 Å². The van der Waals surface area contributed by atoms with Crippen LogP contribution in [0.3, 0.4) is 0 Å². The fourth-order valence-corrected chi connectivity index (χ4v) is 3.60. The summed E-state index contributed by atoms with van der Waals surface area (Å²) in [5, 5.41) is 0.490. The molecule has 1 aromatic carbocycles. The number of carbonyl (C=O) groups is 1. The number of carbonyl (C=O) groups excluding carboxylic acids is 1. The minimum Gasteiger partial charge on any atom is -0.479 e. The largest absolute Gasteiger partial charge is 0.479 e. The number of halogens is 2. The van der Waals surface area contributed by atoms with E-state index >= 15 is 0 Å². The molecule has 2 aromatic rings. The second-order valence-electron chi connectivity index (χ2n) is 7.51. The van der Waals surface area contributed by atoms with Gasteiger partial charge in [-0.15, -0.1) is 0 Å². The first-order valence-electron chi connectivity index (χ1n) is 10.8. The SMILES string of the molecule is CCCCCN(C(=O)C(C)Oc1cccc(Cl)c1Cl)c1c(N)n(CCCC)c(=O)[nH]c1=O. The molecule has 1 unspecified atom stereocenters. The minimum atomic E-state index is -0.984. The molecule has 176 valence electrons. The van der Waals surface area contributed by atoms with Crippen molar-refractivity contribution in [3.63, 3.8) is 0 Å². The molecular formula is C22H30Cl2N4O4. The van der Waals surface area contributed by atoms with Crippen LogP contribution in [0.15, 0.2) is 27.8 Å². The topological polar surface area (TPSA) is 110 Å². The Hall–Kier alpha value is -2.45. The van der Waals surface area contributed by atoms with Crippen LogP contribution in [0.5, 0.6) is 5.75 Å². The van der Waals surface area contributed by atoms with E-state index in [0.717, 1.165) is 19.3 Å². The second-order valence-corrected chi connectivity index (χ2v) is 8.29. The number of nitrogens with one attached hydrogen (secondary N) is 1. The molecule has 0 spiro atoms. The van der Waals surface area contributed by atoms with E-state index in [4.69, 9.17) is 33.7 Å². The average molecular weight is 485 g/mol. The lowest BCUT2D eigenvalue weighted by atomic mass is 10.2. The number of anilines is 2. The van der Waals surface area contributed by atoms with Crippen molar-refractivity contribution >= 4 is 40.6 Å². The summed E-state index contributed by atoms with van der Waals surface area (Å²) >= 11 is 12.2. The van der Waals surface area contributed by atoms with Gasteiger partial charge in [0.25, 0.3) is 11.5 Å². The summed E-state index contributed by atoms with van der Waals surface area (Å²) in [5.41, 5.74) is 4.88. The lowest BCUT2D eigenvalue weighted by molar-refractivity contribution is -0.124. The highest BCUT2D eigenvalue weighted by atomic mass is 35.5. The summed E-state index contributed by atoms with van der Waals surface area (Å²) in [7, 11) is 0. The van der Waals surface area contributed by atoms with Crippen molar-refractivity contribution < 1.29 is 9.53 Å². The van der Waals surface area contributed by atoms with E-state index in [1.54, 1.807) is 25.1 Å². The Morgan fingerprint density at radius 3 is 2.53 bits per heavy atom. The molecule has 1 heterocycles. The molecule has 0 radical (unpaired) electrons. The first-order chi connectivity index (χ1) is 15.2. The molecule has 0 fully saturated rings. The number of hydrogen-bond acceptors (Lipinski definition) is 5. The summed E-state index contributed by atoms with van der Waals surface area (Å²) in [6.45, 7) is 6.17. The zero-order valence-electron chi connectivity index (χ0n) is 18.6. The number of unbranched alkanes of at least 4 members (excludes halogenated alkanes) is 3. The highest BCUT2D eigenvalue weighted by Gasteiger charge is 2.29. The Morgan fingerprint density at radius 2 is 1.88 bits per heavy atom.